The number of rotatable bonds is 4. The molecule has 2 aromatic carbocycles. The summed E-state index contributed by atoms with van der Waals surface area (Å²) in [6, 6.07) is 9.59. The van der Waals surface area contributed by atoms with Crippen molar-refractivity contribution in [3.05, 3.63) is 55.9 Å². The van der Waals surface area contributed by atoms with Gasteiger partial charge in [-0.05, 0) is 57.9 Å². The van der Waals surface area contributed by atoms with E-state index in [4.69, 9.17) is 17.3 Å². The average molecular weight is 455 g/mol. The van der Waals surface area contributed by atoms with Gasteiger partial charge in [0.25, 0.3) is 10.0 Å². The third-order valence-electron chi connectivity index (χ3n) is 2.72. The first-order valence-electron chi connectivity index (χ1n) is 5.80. The molecule has 112 valence electrons. The number of sulfonamides is 1. The van der Waals surface area contributed by atoms with Crippen LogP contribution in [0.15, 0.2) is 50.2 Å². The Morgan fingerprint density at radius 3 is 2.48 bits per heavy atom. The van der Waals surface area contributed by atoms with Gasteiger partial charge in [-0.1, -0.05) is 27.5 Å². The summed E-state index contributed by atoms with van der Waals surface area (Å²) in [6.45, 7) is 0.171. The summed E-state index contributed by atoms with van der Waals surface area (Å²) >= 11 is 12.6. The van der Waals surface area contributed by atoms with Crippen LogP contribution in [0.25, 0.3) is 0 Å². The van der Waals surface area contributed by atoms with Crippen molar-refractivity contribution in [1.82, 2.24) is 0 Å². The van der Waals surface area contributed by atoms with E-state index in [0.29, 0.717) is 20.7 Å². The molecule has 0 aliphatic rings. The number of hydrogen-bond donors (Lipinski definition) is 2. The van der Waals surface area contributed by atoms with Gasteiger partial charge in [0.1, 0.15) is 0 Å². The maximum atomic E-state index is 12.4. The quantitative estimate of drug-likeness (QED) is 0.730. The zero-order valence-corrected chi connectivity index (χ0v) is 15.4. The summed E-state index contributed by atoms with van der Waals surface area (Å²) in [6.07, 6.45) is 0. The van der Waals surface area contributed by atoms with Crippen LogP contribution >= 0.6 is 43.5 Å². The summed E-state index contributed by atoms with van der Waals surface area (Å²) in [5.74, 6) is 0. The third-order valence-corrected chi connectivity index (χ3v) is 5.60. The van der Waals surface area contributed by atoms with Gasteiger partial charge in [0.05, 0.1) is 10.6 Å². The molecule has 0 aliphatic heterocycles. The molecular weight excluding hydrogens is 443 g/mol. The maximum absolute atomic E-state index is 12.4. The van der Waals surface area contributed by atoms with E-state index in [1.165, 1.54) is 18.2 Å². The Labute approximate surface area is 145 Å². The Morgan fingerprint density at radius 1 is 1.14 bits per heavy atom. The topological polar surface area (TPSA) is 72.2 Å². The van der Waals surface area contributed by atoms with Crippen molar-refractivity contribution >= 4 is 59.2 Å². The highest BCUT2D eigenvalue weighted by molar-refractivity contribution is 9.11. The van der Waals surface area contributed by atoms with Crippen LogP contribution in [0.3, 0.4) is 0 Å². The molecule has 0 radical (unpaired) electrons. The summed E-state index contributed by atoms with van der Waals surface area (Å²) in [4.78, 5) is 0.113. The minimum Gasteiger partial charge on any atom is -0.326 e. The minimum absolute atomic E-state index is 0.113. The molecule has 3 N–H and O–H groups in total. The first-order valence-corrected chi connectivity index (χ1v) is 9.24. The van der Waals surface area contributed by atoms with Crippen molar-refractivity contribution in [2.75, 3.05) is 4.72 Å². The predicted octanol–water partition coefficient (Wildman–Crippen LogP) is 4.12. The van der Waals surface area contributed by atoms with Gasteiger partial charge in [-0.3, -0.25) is 4.72 Å². The Balaban J connectivity index is 2.38. The molecule has 0 unspecified atom stereocenters. The Bertz CT molecular complexity index is 782. The highest BCUT2D eigenvalue weighted by Crippen LogP contribution is 2.29. The van der Waals surface area contributed by atoms with Crippen LogP contribution in [-0.2, 0) is 16.6 Å². The monoisotopic (exact) mass is 452 g/mol. The standard InChI is InChI=1S/C13H11Br2ClN2O2S/c14-9-1-4-13(11(15)6-9)18-21(19,20)10-2-3-12(16)8(5-10)7-17/h1-6,18H,7,17H2. The summed E-state index contributed by atoms with van der Waals surface area (Å²) in [5, 5.41) is 0.446. The van der Waals surface area contributed by atoms with Crippen molar-refractivity contribution < 1.29 is 8.42 Å². The molecule has 8 heteroatoms. The normalized spacial score (nSPS) is 11.4. The Kier molecular flexibility index (Phi) is 5.32. The fraction of sp³-hybridized carbons (Fsp3) is 0.0769. The van der Waals surface area contributed by atoms with Crippen LogP contribution in [0.2, 0.25) is 5.02 Å². The molecular formula is C13H11Br2ClN2O2S. The van der Waals surface area contributed by atoms with Crippen molar-refractivity contribution in [3.8, 4) is 0 Å². The lowest BCUT2D eigenvalue weighted by atomic mass is 10.2. The highest BCUT2D eigenvalue weighted by Gasteiger charge is 2.17. The van der Waals surface area contributed by atoms with E-state index in [0.717, 1.165) is 4.47 Å². The molecule has 0 aromatic heterocycles. The molecule has 0 fully saturated rings. The Hall–Kier alpha value is -0.600. The maximum Gasteiger partial charge on any atom is 0.261 e. The van der Waals surface area contributed by atoms with E-state index in [9.17, 15) is 8.42 Å². The van der Waals surface area contributed by atoms with Gasteiger partial charge in [-0.15, -0.1) is 0 Å². The lowest BCUT2D eigenvalue weighted by molar-refractivity contribution is 0.601. The second kappa shape index (κ2) is 6.66. The molecule has 0 heterocycles. The average Bonchev–Trinajstić information content (AvgIpc) is 2.42. The van der Waals surface area contributed by atoms with Crippen molar-refractivity contribution in [1.29, 1.82) is 0 Å². The molecule has 21 heavy (non-hydrogen) atoms. The van der Waals surface area contributed by atoms with Crippen molar-refractivity contribution in [3.63, 3.8) is 0 Å². The smallest absolute Gasteiger partial charge is 0.261 e. The third kappa shape index (κ3) is 3.98. The first-order chi connectivity index (χ1) is 9.83. The number of nitrogens with one attached hydrogen (secondary N) is 1. The second-order valence-corrected chi connectivity index (χ2v) is 8.05. The molecule has 2 aromatic rings. The van der Waals surface area contributed by atoms with Gasteiger partial charge in [-0.2, -0.15) is 0 Å². The molecule has 0 saturated carbocycles. The number of nitrogens with two attached hydrogens (primary N) is 1. The van der Waals surface area contributed by atoms with Crippen molar-refractivity contribution in [2.45, 2.75) is 11.4 Å². The van der Waals surface area contributed by atoms with Crippen LogP contribution in [-0.4, -0.2) is 8.42 Å². The van der Waals surface area contributed by atoms with E-state index < -0.39 is 10.0 Å². The summed E-state index contributed by atoms with van der Waals surface area (Å²) < 4.78 is 28.8. The van der Waals surface area contributed by atoms with E-state index in [1.807, 2.05) is 0 Å². The van der Waals surface area contributed by atoms with E-state index in [-0.39, 0.29) is 11.4 Å². The largest absolute Gasteiger partial charge is 0.326 e. The zero-order chi connectivity index (χ0) is 15.6. The first kappa shape index (κ1) is 16.8. The molecule has 0 saturated heterocycles. The number of hydrogen-bond acceptors (Lipinski definition) is 3. The van der Waals surface area contributed by atoms with E-state index >= 15 is 0 Å². The van der Waals surface area contributed by atoms with Crippen LogP contribution in [0.1, 0.15) is 5.56 Å². The van der Waals surface area contributed by atoms with E-state index in [2.05, 4.69) is 36.6 Å². The predicted molar refractivity (Wildman–Crippen MR) is 92.0 cm³/mol. The molecule has 0 amide bonds. The van der Waals surface area contributed by atoms with Crippen LogP contribution in [0.5, 0.6) is 0 Å². The minimum atomic E-state index is -3.71. The summed E-state index contributed by atoms with van der Waals surface area (Å²) in [7, 11) is -3.71. The van der Waals surface area contributed by atoms with Gasteiger partial charge >= 0.3 is 0 Å². The SMILES string of the molecule is NCc1cc(S(=O)(=O)Nc2ccc(Br)cc2Br)ccc1Cl. The number of benzene rings is 2. The van der Waals surface area contributed by atoms with Crippen LogP contribution in [0, 0.1) is 0 Å². The molecule has 0 atom stereocenters. The molecule has 4 nitrogen and oxygen atoms in total. The van der Waals surface area contributed by atoms with Crippen molar-refractivity contribution in [2.24, 2.45) is 5.73 Å². The number of halogens is 3. The number of anilines is 1. The lowest BCUT2D eigenvalue weighted by Crippen LogP contribution is -2.14. The van der Waals surface area contributed by atoms with Gasteiger partial charge in [0.15, 0.2) is 0 Å². The second-order valence-electron chi connectivity index (χ2n) is 4.19. The van der Waals surface area contributed by atoms with E-state index in [1.54, 1.807) is 18.2 Å². The van der Waals surface area contributed by atoms with Gasteiger partial charge in [0.2, 0.25) is 0 Å². The molecule has 0 bridgehead atoms. The van der Waals surface area contributed by atoms with Crippen LogP contribution in [0.4, 0.5) is 5.69 Å². The molecule has 0 aliphatic carbocycles. The summed E-state index contributed by atoms with van der Waals surface area (Å²) in [5.41, 5.74) is 6.57. The highest BCUT2D eigenvalue weighted by atomic mass is 79.9. The lowest BCUT2D eigenvalue weighted by Gasteiger charge is -2.11. The van der Waals surface area contributed by atoms with Crippen LogP contribution < -0.4 is 10.5 Å². The molecule has 0 spiro atoms. The zero-order valence-electron chi connectivity index (χ0n) is 10.6. The molecule has 2 rings (SSSR count). The van der Waals surface area contributed by atoms with Gasteiger partial charge in [-0.25, -0.2) is 8.42 Å². The van der Waals surface area contributed by atoms with Gasteiger partial charge in [0, 0.05) is 20.5 Å². The Morgan fingerprint density at radius 2 is 1.86 bits per heavy atom. The van der Waals surface area contributed by atoms with Gasteiger partial charge < -0.3 is 5.73 Å². The fourth-order valence-electron chi connectivity index (χ4n) is 1.65. The fourth-order valence-corrected chi connectivity index (χ4v) is 4.25.